The molecule has 0 amide bonds. The predicted octanol–water partition coefficient (Wildman–Crippen LogP) is -1.06. The van der Waals surface area contributed by atoms with Crippen LogP contribution in [-0.2, 0) is 15.9 Å². The second kappa shape index (κ2) is 19.0. The van der Waals surface area contributed by atoms with Crippen LogP contribution in [0.15, 0.2) is 0 Å². The van der Waals surface area contributed by atoms with Crippen LogP contribution in [-0.4, -0.2) is 95.9 Å². The number of halogens is 2. The Balaban J connectivity index is 0. The van der Waals surface area contributed by atoms with Gasteiger partial charge in [-0.05, 0) is 0 Å². The maximum absolute atomic E-state index is 8.82. The van der Waals surface area contributed by atoms with Crippen molar-refractivity contribution in [1.82, 2.24) is 9.80 Å². The Bertz CT molecular complexity index is 146. The van der Waals surface area contributed by atoms with E-state index in [9.17, 15) is 0 Å². The first-order chi connectivity index (χ1) is 9.19. The molecule has 0 saturated carbocycles. The monoisotopic (exact) mass is 412 g/mol. The molecule has 0 heterocycles. The number of rotatable bonds is 11. The van der Waals surface area contributed by atoms with Gasteiger partial charge in [0.2, 0.25) is 0 Å². The molecule has 0 aromatic rings. The van der Waals surface area contributed by atoms with Gasteiger partial charge in [-0.3, -0.25) is 9.80 Å². The first-order valence-electron chi connectivity index (χ1n) is 5.90. The molecule has 0 aliphatic rings. The molecule has 19 heavy (non-hydrogen) atoms. The Kier molecular flexibility index (Phi) is 22.3. The van der Waals surface area contributed by atoms with E-state index < -0.39 is 0 Å². The van der Waals surface area contributed by atoms with Crippen LogP contribution in [0, 0.1) is 0 Å². The number of hydrogen-bond acceptors (Lipinski definition) is 6. The van der Waals surface area contributed by atoms with Gasteiger partial charge in [-0.25, -0.2) is 0 Å². The molecule has 0 aromatic carbocycles. The van der Waals surface area contributed by atoms with Crippen LogP contribution in [0.4, 0.5) is 0 Å². The van der Waals surface area contributed by atoms with Gasteiger partial charge in [0.15, 0.2) is 0 Å². The molecule has 0 spiro atoms. The van der Waals surface area contributed by atoms with Gasteiger partial charge in [0, 0.05) is 39.3 Å². The van der Waals surface area contributed by atoms with E-state index in [4.69, 9.17) is 39.5 Å². The molecule has 0 aromatic heterocycles. The fraction of sp³-hybridized carbons (Fsp3) is 1.00. The Hall–Kier alpha value is 1.00. The first kappa shape index (κ1) is 22.3. The molecule has 0 unspecified atom stereocenters. The molecule has 4 N–H and O–H groups in total. The molecule has 0 saturated heterocycles. The Labute approximate surface area is 131 Å². The van der Waals surface area contributed by atoms with Crippen LogP contribution in [0.5, 0.6) is 0 Å². The molecular formula is C10H24Cl2N2O4Pd. The summed E-state index contributed by atoms with van der Waals surface area (Å²) in [5, 5.41) is 35.3. The van der Waals surface area contributed by atoms with Crippen molar-refractivity contribution in [3.05, 3.63) is 0 Å². The van der Waals surface area contributed by atoms with Gasteiger partial charge in [0.1, 0.15) is 0 Å². The molecule has 0 rings (SSSR count). The third kappa shape index (κ3) is 16.9. The van der Waals surface area contributed by atoms with Crippen LogP contribution in [0.25, 0.3) is 0 Å². The molecular weight excluding hydrogens is 389 g/mol. The zero-order valence-corrected chi connectivity index (χ0v) is 13.9. The maximum atomic E-state index is 8.82. The van der Waals surface area contributed by atoms with Crippen LogP contribution in [0.2, 0.25) is 0 Å². The van der Waals surface area contributed by atoms with Crippen molar-refractivity contribution in [1.29, 1.82) is 0 Å². The van der Waals surface area contributed by atoms with Gasteiger partial charge in [0.05, 0.1) is 26.4 Å². The van der Waals surface area contributed by atoms with Crippen molar-refractivity contribution in [3.63, 3.8) is 0 Å². The summed E-state index contributed by atoms with van der Waals surface area (Å²) in [6, 6.07) is 0. The summed E-state index contributed by atoms with van der Waals surface area (Å²) in [6.45, 7) is 3.83. The molecule has 0 aliphatic carbocycles. The van der Waals surface area contributed by atoms with E-state index in [-0.39, 0.29) is 42.4 Å². The van der Waals surface area contributed by atoms with Crippen LogP contribution < -0.4 is 0 Å². The summed E-state index contributed by atoms with van der Waals surface area (Å²) in [5.74, 6) is 0. The van der Waals surface area contributed by atoms with Gasteiger partial charge in [0.25, 0.3) is 0 Å². The standard InChI is InChI=1S/C10H24N2O4.2ClH.Pd/c13-7-3-11(4-8-14)1-2-12(5-9-15)6-10-16;;;/h13-16H,1-10H2;2*1H;/q;;;+2/p-2. The topological polar surface area (TPSA) is 87.4 Å². The zero-order chi connectivity index (χ0) is 14.9. The minimum atomic E-state index is -0.106. The molecule has 6 nitrogen and oxygen atoms in total. The van der Waals surface area contributed by atoms with E-state index >= 15 is 0 Å². The quantitative estimate of drug-likeness (QED) is 0.323. The Morgan fingerprint density at radius 3 is 0.947 bits per heavy atom. The summed E-state index contributed by atoms with van der Waals surface area (Å²) in [6.07, 6.45) is 0. The van der Waals surface area contributed by atoms with Crippen LogP contribution in [0.1, 0.15) is 0 Å². The van der Waals surface area contributed by atoms with Crippen molar-refractivity contribution < 1.29 is 36.4 Å². The molecule has 0 bridgehead atoms. The number of nitrogens with zero attached hydrogens (tertiary/aromatic N) is 2. The van der Waals surface area contributed by atoms with E-state index in [0.717, 1.165) is 0 Å². The molecule has 0 radical (unpaired) electrons. The summed E-state index contributed by atoms with van der Waals surface area (Å²) in [7, 11) is 9.63. The summed E-state index contributed by atoms with van der Waals surface area (Å²) in [5.41, 5.74) is 0. The van der Waals surface area contributed by atoms with Crippen molar-refractivity contribution in [3.8, 4) is 0 Å². The summed E-state index contributed by atoms with van der Waals surface area (Å²) in [4.78, 5) is 3.89. The van der Waals surface area contributed by atoms with Crippen molar-refractivity contribution >= 4 is 19.1 Å². The zero-order valence-electron chi connectivity index (χ0n) is 10.8. The SMILES string of the molecule is OCCN(CCO)CCN(CCO)CCO.[Cl][Pd][Cl]. The second-order valence-corrected chi connectivity index (χ2v) is 5.98. The van der Waals surface area contributed by atoms with Gasteiger partial charge >= 0.3 is 35.0 Å². The molecule has 0 fully saturated rings. The van der Waals surface area contributed by atoms with Crippen molar-refractivity contribution in [2.24, 2.45) is 0 Å². The van der Waals surface area contributed by atoms with E-state index in [0.29, 0.717) is 39.3 Å². The summed E-state index contributed by atoms with van der Waals surface area (Å²) >= 11 is -0.106. The number of hydrogen-bond donors (Lipinski definition) is 4. The van der Waals surface area contributed by atoms with Gasteiger partial charge in [-0.2, -0.15) is 0 Å². The molecule has 0 atom stereocenters. The molecule has 122 valence electrons. The fourth-order valence-corrected chi connectivity index (χ4v) is 1.52. The Morgan fingerprint density at radius 2 is 0.789 bits per heavy atom. The third-order valence-corrected chi connectivity index (χ3v) is 2.40. The van der Waals surface area contributed by atoms with Crippen molar-refractivity contribution in [2.45, 2.75) is 0 Å². The fourth-order valence-electron chi connectivity index (χ4n) is 1.52. The van der Waals surface area contributed by atoms with E-state index in [1.165, 1.54) is 0 Å². The average Bonchev–Trinajstić information content (AvgIpc) is 2.38. The van der Waals surface area contributed by atoms with Gasteiger partial charge in [-0.1, -0.05) is 0 Å². The van der Waals surface area contributed by atoms with E-state index in [1.807, 2.05) is 9.80 Å². The predicted molar refractivity (Wildman–Crippen MR) is 72.9 cm³/mol. The summed E-state index contributed by atoms with van der Waals surface area (Å²) < 4.78 is 0. The van der Waals surface area contributed by atoms with E-state index in [2.05, 4.69) is 0 Å². The Morgan fingerprint density at radius 1 is 0.579 bits per heavy atom. The average molecular weight is 414 g/mol. The molecule has 9 heteroatoms. The van der Waals surface area contributed by atoms with Crippen molar-refractivity contribution in [2.75, 3.05) is 65.7 Å². The second-order valence-electron chi connectivity index (χ2n) is 3.62. The van der Waals surface area contributed by atoms with E-state index in [1.54, 1.807) is 0 Å². The number of aliphatic hydroxyl groups is 4. The third-order valence-electron chi connectivity index (χ3n) is 2.40. The minimum absolute atomic E-state index is 0.0694. The number of aliphatic hydroxyl groups excluding tert-OH is 4. The van der Waals surface area contributed by atoms with Crippen LogP contribution >= 0.6 is 19.1 Å². The molecule has 0 aliphatic heterocycles. The van der Waals surface area contributed by atoms with Gasteiger partial charge < -0.3 is 20.4 Å². The normalized spacial score (nSPS) is 10.9. The van der Waals surface area contributed by atoms with Crippen LogP contribution in [0.3, 0.4) is 0 Å². The van der Waals surface area contributed by atoms with Gasteiger partial charge in [-0.15, -0.1) is 0 Å². The first-order valence-corrected chi connectivity index (χ1v) is 9.90.